The zero-order valence-electron chi connectivity index (χ0n) is 22.2. The number of carbonyl (C=O) groups is 2. The summed E-state index contributed by atoms with van der Waals surface area (Å²) in [5.41, 5.74) is 1.75. The molecule has 9 nitrogen and oxygen atoms in total. The minimum Gasteiger partial charge on any atom is -0.496 e. The molecule has 9 heteroatoms. The number of hydrogen-bond donors (Lipinski definition) is 2. The number of amides is 1. The summed E-state index contributed by atoms with van der Waals surface area (Å²) in [7, 11) is 1.60. The maximum atomic E-state index is 13.5. The first kappa shape index (κ1) is 27.7. The average molecular weight is 527 g/mol. The average Bonchev–Trinajstić information content (AvgIpc) is 3.53. The van der Waals surface area contributed by atoms with E-state index < -0.39 is 17.9 Å². The van der Waals surface area contributed by atoms with Crippen molar-refractivity contribution in [2.45, 2.75) is 44.6 Å². The fourth-order valence-electron chi connectivity index (χ4n) is 5.57. The van der Waals surface area contributed by atoms with Crippen LogP contribution in [0.1, 0.15) is 43.2 Å². The number of carbonyl (C=O) groups excluding carboxylic acids is 1. The third kappa shape index (κ3) is 6.22. The highest BCUT2D eigenvalue weighted by Gasteiger charge is 2.47. The predicted molar refractivity (Wildman–Crippen MR) is 142 cm³/mol. The van der Waals surface area contributed by atoms with E-state index in [-0.39, 0.29) is 31.8 Å². The van der Waals surface area contributed by atoms with E-state index in [4.69, 9.17) is 14.2 Å². The van der Waals surface area contributed by atoms with Crippen LogP contribution in [-0.4, -0.2) is 84.6 Å². The van der Waals surface area contributed by atoms with E-state index in [0.717, 1.165) is 24.0 Å². The molecule has 1 saturated heterocycles. The van der Waals surface area contributed by atoms with Crippen molar-refractivity contribution in [1.82, 2.24) is 9.80 Å². The molecule has 0 spiro atoms. The number of carboxylic acid groups (broad SMARTS) is 1. The number of aliphatic hydroxyl groups excluding tert-OH is 1. The Balaban J connectivity index is 1.66. The van der Waals surface area contributed by atoms with Gasteiger partial charge in [0.15, 0.2) is 11.5 Å². The monoisotopic (exact) mass is 526 g/mol. The predicted octanol–water partition coefficient (Wildman–Crippen LogP) is 3.15. The van der Waals surface area contributed by atoms with Crippen molar-refractivity contribution in [2.75, 3.05) is 46.7 Å². The minimum atomic E-state index is -0.898. The first-order valence-corrected chi connectivity index (χ1v) is 13.3. The van der Waals surface area contributed by atoms with Crippen LogP contribution < -0.4 is 14.2 Å². The lowest BCUT2D eigenvalue weighted by Gasteiger charge is -2.30. The van der Waals surface area contributed by atoms with Gasteiger partial charge >= 0.3 is 5.97 Å². The van der Waals surface area contributed by atoms with Crippen molar-refractivity contribution in [2.24, 2.45) is 5.92 Å². The molecule has 2 aliphatic rings. The summed E-state index contributed by atoms with van der Waals surface area (Å²) < 4.78 is 16.6. The van der Waals surface area contributed by atoms with E-state index in [1.54, 1.807) is 12.0 Å². The van der Waals surface area contributed by atoms with E-state index in [1.165, 1.54) is 0 Å². The highest BCUT2D eigenvalue weighted by Crippen LogP contribution is 2.43. The van der Waals surface area contributed by atoms with Crippen LogP contribution in [0.5, 0.6) is 17.2 Å². The van der Waals surface area contributed by atoms with Gasteiger partial charge in [-0.3, -0.25) is 14.5 Å². The molecule has 1 fully saturated rings. The van der Waals surface area contributed by atoms with Gasteiger partial charge in [-0.1, -0.05) is 37.6 Å². The van der Waals surface area contributed by atoms with E-state index in [9.17, 15) is 19.8 Å². The number of fused-ring (bicyclic) bond motifs is 1. The number of unbranched alkanes of at least 4 members (excludes halogenated alkanes) is 1. The molecule has 0 radical (unpaired) electrons. The fraction of sp³-hybridized carbons (Fsp3) is 0.517. The zero-order chi connectivity index (χ0) is 27.1. The Morgan fingerprint density at radius 3 is 2.61 bits per heavy atom. The number of ether oxygens (including phenoxy) is 3. The van der Waals surface area contributed by atoms with Gasteiger partial charge in [0, 0.05) is 38.2 Å². The van der Waals surface area contributed by atoms with Gasteiger partial charge in [0.05, 0.1) is 19.6 Å². The Kier molecular flexibility index (Phi) is 9.47. The first-order valence-electron chi connectivity index (χ1n) is 13.3. The summed E-state index contributed by atoms with van der Waals surface area (Å²) >= 11 is 0. The first-order chi connectivity index (χ1) is 18.5. The maximum Gasteiger partial charge on any atom is 0.308 e. The van der Waals surface area contributed by atoms with Gasteiger partial charge in [0.1, 0.15) is 5.75 Å². The summed E-state index contributed by atoms with van der Waals surface area (Å²) in [6.45, 7) is 3.87. The van der Waals surface area contributed by atoms with Gasteiger partial charge in [-0.15, -0.1) is 0 Å². The van der Waals surface area contributed by atoms with Crippen molar-refractivity contribution in [1.29, 1.82) is 0 Å². The molecule has 2 aromatic carbocycles. The van der Waals surface area contributed by atoms with E-state index in [1.807, 2.05) is 47.4 Å². The summed E-state index contributed by atoms with van der Waals surface area (Å²) in [4.78, 5) is 30.1. The molecule has 2 aliphatic heterocycles. The van der Waals surface area contributed by atoms with Crippen LogP contribution in [-0.2, 0) is 16.0 Å². The standard InChI is InChI=1S/C29H38N2O7/c1-3-4-12-30(13-7-14-32)27(33)18-31-17-22(20-10-11-25-26(16-20)38-19-37-25)28(29(34)35)23(31)15-21-8-5-6-9-24(21)36-2/h5-6,8-11,16,22-23,28,32H,3-4,7,12-15,17-19H2,1-2H3,(H,34,35)/t22-,23+,28-/m1/s1. The van der Waals surface area contributed by atoms with Gasteiger partial charge in [0.25, 0.3) is 0 Å². The second-order valence-corrected chi connectivity index (χ2v) is 9.91. The number of methoxy groups -OCH3 is 1. The normalized spacial score (nSPS) is 20.4. The maximum absolute atomic E-state index is 13.5. The fourth-order valence-corrected chi connectivity index (χ4v) is 5.57. The van der Waals surface area contributed by atoms with Gasteiger partial charge in [0.2, 0.25) is 12.7 Å². The topological polar surface area (TPSA) is 109 Å². The zero-order valence-corrected chi connectivity index (χ0v) is 22.2. The third-order valence-electron chi connectivity index (χ3n) is 7.54. The second kappa shape index (κ2) is 13.0. The molecule has 0 aliphatic carbocycles. The Morgan fingerprint density at radius 1 is 1.11 bits per heavy atom. The number of aliphatic hydroxyl groups is 1. The van der Waals surface area contributed by atoms with Gasteiger partial charge in [-0.05, 0) is 48.6 Å². The highest BCUT2D eigenvalue weighted by molar-refractivity contribution is 5.79. The van der Waals surface area contributed by atoms with Gasteiger partial charge in [-0.2, -0.15) is 0 Å². The van der Waals surface area contributed by atoms with Crippen LogP contribution in [0.2, 0.25) is 0 Å². The SMILES string of the molecule is CCCCN(CCCO)C(=O)CN1C[C@H](c2ccc3c(c2)OCO3)[C@@H](C(=O)O)[C@@H]1Cc1ccccc1OC. The Hall–Kier alpha value is -3.30. The van der Waals surface area contributed by atoms with Crippen LogP contribution in [0.3, 0.4) is 0 Å². The lowest BCUT2D eigenvalue weighted by atomic mass is 9.83. The van der Waals surface area contributed by atoms with E-state index >= 15 is 0 Å². The molecule has 38 heavy (non-hydrogen) atoms. The van der Waals surface area contributed by atoms with Crippen LogP contribution in [0, 0.1) is 5.92 Å². The molecule has 0 bridgehead atoms. The van der Waals surface area contributed by atoms with Gasteiger partial charge < -0.3 is 29.3 Å². The molecule has 3 atom stereocenters. The van der Waals surface area contributed by atoms with Crippen LogP contribution in [0.15, 0.2) is 42.5 Å². The van der Waals surface area contributed by atoms with Crippen molar-refractivity contribution in [3.05, 3.63) is 53.6 Å². The number of hydrogen-bond acceptors (Lipinski definition) is 7. The molecule has 2 heterocycles. The molecule has 206 valence electrons. The number of aliphatic carboxylic acids is 1. The lowest BCUT2D eigenvalue weighted by Crippen LogP contribution is -2.45. The summed E-state index contributed by atoms with van der Waals surface area (Å²) in [5.74, 6) is -0.0745. The molecule has 0 aromatic heterocycles. The summed E-state index contributed by atoms with van der Waals surface area (Å²) in [6, 6.07) is 12.8. The molecule has 2 N–H and O–H groups in total. The van der Waals surface area contributed by atoms with Crippen LogP contribution in [0.25, 0.3) is 0 Å². The molecule has 2 aromatic rings. The largest absolute Gasteiger partial charge is 0.496 e. The van der Waals surface area contributed by atoms with Crippen molar-refractivity contribution in [3.63, 3.8) is 0 Å². The number of para-hydroxylation sites is 1. The van der Waals surface area contributed by atoms with Crippen LogP contribution in [0.4, 0.5) is 0 Å². The number of nitrogens with zero attached hydrogens (tertiary/aromatic N) is 2. The smallest absolute Gasteiger partial charge is 0.308 e. The van der Waals surface area contributed by atoms with Crippen molar-refractivity contribution < 1.29 is 34.0 Å². The lowest BCUT2D eigenvalue weighted by molar-refractivity contribution is -0.143. The Bertz CT molecular complexity index is 1100. The van der Waals surface area contributed by atoms with Gasteiger partial charge in [-0.25, -0.2) is 0 Å². The third-order valence-corrected chi connectivity index (χ3v) is 7.54. The molecule has 4 rings (SSSR count). The number of rotatable bonds is 13. The highest BCUT2D eigenvalue weighted by atomic mass is 16.7. The number of likely N-dealkylation sites (tertiary alicyclic amines) is 1. The quantitative estimate of drug-likeness (QED) is 0.410. The van der Waals surface area contributed by atoms with E-state index in [0.29, 0.717) is 49.7 Å². The summed E-state index contributed by atoms with van der Waals surface area (Å²) in [5, 5.41) is 19.8. The molecular formula is C29H38N2O7. The Morgan fingerprint density at radius 2 is 1.87 bits per heavy atom. The second-order valence-electron chi connectivity index (χ2n) is 9.91. The Labute approximate surface area is 223 Å². The molecule has 0 unspecified atom stereocenters. The molecule has 0 saturated carbocycles. The number of benzene rings is 2. The van der Waals surface area contributed by atoms with Crippen molar-refractivity contribution in [3.8, 4) is 17.2 Å². The molecular weight excluding hydrogens is 488 g/mol. The molecule has 1 amide bonds. The van der Waals surface area contributed by atoms with Crippen molar-refractivity contribution >= 4 is 11.9 Å². The number of carboxylic acids is 1. The van der Waals surface area contributed by atoms with E-state index in [2.05, 4.69) is 6.92 Å². The summed E-state index contributed by atoms with van der Waals surface area (Å²) in [6.07, 6.45) is 2.77. The minimum absolute atomic E-state index is 0.0172. The van der Waals surface area contributed by atoms with Crippen LogP contribution >= 0.6 is 0 Å².